The number of carbonyl (C=O) groups is 1. The summed E-state index contributed by atoms with van der Waals surface area (Å²) in [5, 5.41) is 24.2. The second-order valence-corrected chi connectivity index (χ2v) is 7.80. The molecule has 0 fully saturated rings. The Hall–Kier alpha value is -3.99. The van der Waals surface area contributed by atoms with Crippen molar-refractivity contribution in [3.05, 3.63) is 76.7 Å². The van der Waals surface area contributed by atoms with Crippen LogP contribution in [-0.2, 0) is 19.8 Å². The Morgan fingerprint density at radius 1 is 1.15 bits per heavy atom. The van der Waals surface area contributed by atoms with Crippen LogP contribution in [0.15, 0.2) is 48.8 Å². The second kappa shape index (κ2) is 8.75. The van der Waals surface area contributed by atoms with Gasteiger partial charge in [-0.1, -0.05) is 17.3 Å². The number of nitrogens with zero attached hydrogens (tertiary/aromatic N) is 5. The van der Waals surface area contributed by atoms with E-state index in [1.54, 1.807) is 35.3 Å². The SMILES string of the molecule is Cc1ccc(C(=O)Nc2ccc(CO)c(C(F)(F)F)c2)cc1-n1cc(-c2cnn(C)c2C)nn1. The Morgan fingerprint density at radius 3 is 2.56 bits per heavy atom. The first-order valence-electron chi connectivity index (χ1n) is 10.2. The minimum absolute atomic E-state index is 0.0354. The first kappa shape index (κ1) is 23.2. The molecule has 0 unspecified atom stereocenters. The quantitative estimate of drug-likeness (QED) is 0.459. The highest BCUT2D eigenvalue weighted by Gasteiger charge is 2.33. The fourth-order valence-electron chi connectivity index (χ4n) is 3.51. The summed E-state index contributed by atoms with van der Waals surface area (Å²) in [7, 11) is 1.82. The first-order valence-corrected chi connectivity index (χ1v) is 10.2. The van der Waals surface area contributed by atoms with Crippen LogP contribution in [0.2, 0.25) is 0 Å². The first-order chi connectivity index (χ1) is 16.1. The molecule has 4 aromatic rings. The molecule has 0 aliphatic rings. The van der Waals surface area contributed by atoms with Crippen LogP contribution in [0.1, 0.15) is 32.7 Å². The summed E-state index contributed by atoms with van der Waals surface area (Å²) < 4.78 is 43.1. The highest BCUT2D eigenvalue weighted by atomic mass is 19.4. The molecule has 11 heteroatoms. The van der Waals surface area contributed by atoms with Gasteiger partial charge in [-0.15, -0.1) is 5.10 Å². The number of nitrogens with one attached hydrogen (secondary N) is 1. The van der Waals surface area contributed by atoms with Crippen LogP contribution in [0.3, 0.4) is 0 Å². The van der Waals surface area contributed by atoms with Gasteiger partial charge in [0.25, 0.3) is 5.91 Å². The Balaban J connectivity index is 1.62. The number of halogens is 3. The lowest BCUT2D eigenvalue weighted by Crippen LogP contribution is -2.15. The number of aromatic nitrogens is 5. The zero-order valence-electron chi connectivity index (χ0n) is 18.6. The maximum absolute atomic E-state index is 13.3. The van der Waals surface area contributed by atoms with Gasteiger partial charge in [0, 0.05) is 29.6 Å². The summed E-state index contributed by atoms with van der Waals surface area (Å²) >= 11 is 0. The molecule has 0 atom stereocenters. The van der Waals surface area contributed by atoms with Crippen molar-refractivity contribution in [1.82, 2.24) is 24.8 Å². The molecular formula is C23H21F3N6O2. The summed E-state index contributed by atoms with van der Waals surface area (Å²) in [6, 6.07) is 8.13. The van der Waals surface area contributed by atoms with Gasteiger partial charge in [0.15, 0.2) is 0 Å². The molecule has 4 rings (SSSR count). The molecule has 34 heavy (non-hydrogen) atoms. The van der Waals surface area contributed by atoms with Gasteiger partial charge in [0.2, 0.25) is 0 Å². The molecule has 0 bridgehead atoms. The van der Waals surface area contributed by atoms with Gasteiger partial charge >= 0.3 is 6.18 Å². The fraction of sp³-hybridized carbons (Fsp3) is 0.217. The molecule has 0 aliphatic heterocycles. The van der Waals surface area contributed by atoms with Crippen molar-refractivity contribution in [2.24, 2.45) is 7.05 Å². The predicted octanol–water partition coefficient (Wildman–Crippen LogP) is 4.05. The van der Waals surface area contributed by atoms with E-state index >= 15 is 0 Å². The number of alkyl halides is 3. The summed E-state index contributed by atoms with van der Waals surface area (Å²) in [5.41, 5.74) is 2.70. The van der Waals surface area contributed by atoms with E-state index < -0.39 is 24.3 Å². The van der Waals surface area contributed by atoms with Gasteiger partial charge in [-0.05, 0) is 49.2 Å². The third kappa shape index (κ3) is 4.42. The number of aliphatic hydroxyl groups is 1. The number of hydrogen-bond donors (Lipinski definition) is 2. The predicted molar refractivity (Wildman–Crippen MR) is 118 cm³/mol. The van der Waals surface area contributed by atoms with E-state index in [1.807, 2.05) is 20.9 Å². The molecule has 2 aromatic carbocycles. The smallest absolute Gasteiger partial charge is 0.392 e. The Kier molecular flexibility index (Phi) is 5.96. The van der Waals surface area contributed by atoms with Gasteiger partial charge in [0.1, 0.15) is 5.69 Å². The average Bonchev–Trinajstić information content (AvgIpc) is 3.40. The van der Waals surface area contributed by atoms with Crippen molar-refractivity contribution in [1.29, 1.82) is 0 Å². The Morgan fingerprint density at radius 2 is 1.91 bits per heavy atom. The van der Waals surface area contributed by atoms with Crippen molar-refractivity contribution in [2.75, 3.05) is 5.32 Å². The zero-order chi connectivity index (χ0) is 24.6. The minimum Gasteiger partial charge on any atom is -0.392 e. The van der Waals surface area contributed by atoms with Crippen LogP contribution in [0, 0.1) is 13.8 Å². The van der Waals surface area contributed by atoms with Crippen molar-refractivity contribution in [2.45, 2.75) is 26.6 Å². The number of aliphatic hydroxyl groups excluding tert-OH is 1. The van der Waals surface area contributed by atoms with E-state index in [0.29, 0.717) is 11.4 Å². The number of benzene rings is 2. The molecule has 8 nitrogen and oxygen atoms in total. The van der Waals surface area contributed by atoms with Gasteiger partial charge in [0.05, 0.1) is 30.3 Å². The van der Waals surface area contributed by atoms with Gasteiger partial charge in [-0.25, -0.2) is 4.68 Å². The van der Waals surface area contributed by atoms with Crippen molar-refractivity contribution in [3.8, 4) is 16.9 Å². The Labute approximate surface area is 192 Å². The molecule has 1 amide bonds. The molecule has 0 saturated carbocycles. The molecule has 2 aromatic heterocycles. The van der Waals surface area contributed by atoms with E-state index in [9.17, 15) is 23.1 Å². The summed E-state index contributed by atoms with van der Waals surface area (Å²) in [6.07, 6.45) is -1.25. The maximum atomic E-state index is 13.3. The van der Waals surface area contributed by atoms with Crippen LogP contribution in [-0.4, -0.2) is 35.8 Å². The average molecular weight is 470 g/mol. The normalized spacial score (nSPS) is 11.6. The monoisotopic (exact) mass is 470 g/mol. The Bertz CT molecular complexity index is 1370. The number of hydrogen-bond acceptors (Lipinski definition) is 5. The zero-order valence-corrected chi connectivity index (χ0v) is 18.6. The number of carbonyl (C=O) groups excluding carboxylic acids is 1. The van der Waals surface area contributed by atoms with E-state index in [0.717, 1.165) is 29.0 Å². The largest absolute Gasteiger partial charge is 0.416 e. The number of aryl methyl sites for hydroxylation is 2. The number of anilines is 1. The molecule has 176 valence electrons. The summed E-state index contributed by atoms with van der Waals surface area (Å²) in [5.74, 6) is -0.588. The lowest BCUT2D eigenvalue weighted by Gasteiger charge is -2.14. The van der Waals surface area contributed by atoms with E-state index in [2.05, 4.69) is 20.7 Å². The van der Waals surface area contributed by atoms with Crippen LogP contribution < -0.4 is 5.32 Å². The molecule has 0 aliphatic carbocycles. The van der Waals surface area contributed by atoms with Gasteiger partial charge < -0.3 is 10.4 Å². The maximum Gasteiger partial charge on any atom is 0.416 e. The highest BCUT2D eigenvalue weighted by Crippen LogP contribution is 2.34. The molecule has 2 heterocycles. The third-order valence-electron chi connectivity index (χ3n) is 5.57. The van der Waals surface area contributed by atoms with Crippen LogP contribution in [0.5, 0.6) is 0 Å². The van der Waals surface area contributed by atoms with Crippen LogP contribution >= 0.6 is 0 Å². The minimum atomic E-state index is -4.66. The summed E-state index contributed by atoms with van der Waals surface area (Å²) in [4.78, 5) is 12.8. The lowest BCUT2D eigenvalue weighted by molar-refractivity contribution is -0.138. The van der Waals surface area contributed by atoms with Gasteiger partial charge in [-0.3, -0.25) is 9.48 Å². The third-order valence-corrected chi connectivity index (χ3v) is 5.57. The summed E-state index contributed by atoms with van der Waals surface area (Å²) in [6.45, 7) is 2.99. The molecule has 0 spiro atoms. The second-order valence-electron chi connectivity index (χ2n) is 7.80. The van der Waals surface area contributed by atoms with E-state index in [-0.39, 0.29) is 16.8 Å². The molecule has 2 N–H and O–H groups in total. The molecule has 0 saturated heterocycles. The van der Waals surface area contributed by atoms with Crippen molar-refractivity contribution in [3.63, 3.8) is 0 Å². The lowest BCUT2D eigenvalue weighted by atomic mass is 10.1. The molecular weight excluding hydrogens is 449 g/mol. The standard InChI is InChI=1S/C23H21F3N6O2/c1-13-4-5-15(22(34)28-17-7-6-16(12-33)19(9-17)23(24,25)26)8-21(13)32-11-20(29-30-32)18-10-27-31(3)14(18)2/h4-11,33H,12H2,1-3H3,(H,28,34). The van der Waals surface area contributed by atoms with Crippen molar-refractivity contribution < 1.29 is 23.1 Å². The number of rotatable bonds is 5. The van der Waals surface area contributed by atoms with Crippen LogP contribution in [0.25, 0.3) is 16.9 Å². The van der Waals surface area contributed by atoms with Crippen LogP contribution in [0.4, 0.5) is 18.9 Å². The van der Waals surface area contributed by atoms with E-state index in [4.69, 9.17) is 0 Å². The number of amides is 1. The van der Waals surface area contributed by atoms with E-state index in [1.165, 1.54) is 10.7 Å². The van der Waals surface area contributed by atoms with Gasteiger partial charge in [-0.2, -0.15) is 18.3 Å². The fourth-order valence-corrected chi connectivity index (χ4v) is 3.51. The topological polar surface area (TPSA) is 97.9 Å². The highest BCUT2D eigenvalue weighted by molar-refractivity contribution is 6.04. The van der Waals surface area contributed by atoms with Crippen molar-refractivity contribution >= 4 is 11.6 Å². The molecule has 0 radical (unpaired) electrons.